The maximum Gasteiger partial charge on any atom is 0.257 e. The Morgan fingerprint density at radius 3 is 3.07 bits per heavy atom. The Hall–Kier alpha value is -3.59. The molecule has 4 heterocycles. The zero-order valence-electron chi connectivity index (χ0n) is 16.0. The van der Waals surface area contributed by atoms with Crippen LogP contribution >= 0.6 is 0 Å². The normalized spacial score (nSPS) is 17.2. The Morgan fingerprint density at radius 2 is 2.21 bits per heavy atom. The Labute approximate surface area is 166 Å². The van der Waals surface area contributed by atoms with Gasteiger partial charge in [0.15, 0.2) is 5.65 Å². The molecule has 0 fully saturated rings. The van der Waals surface area contributed by atoms with Gasteiger partial charge in [0.25, 0.3) is 5.91 Å². The summed E-state index contributed by atoms with van der Waals surface area (Å²) >= 11 is 0. The number of methoxy groups -OCH3 is 1. The van der Waals surface area contributed by atoms with Crippen LogP contribution in [0.15, 0.2) is 36.7 Å². The van der Waals surface area contributed by atoms with Crippen LogP contribution in [0, 0.1) is 0 Å². The van der Waals surface area contributed by atoms with Crippen LogP contribution in [-0.4, -0.2) is 45.2 Å². The first-order chi connectivity index (χ1) is 14.1. The minimum Gasteiger partial charge on any atom is -0.495 e. The molecule has 0 radical (unpaired) electrons. The van der Waals surface area contributed by atoms with Gasteiger partial charge in [-0.05, 0) is 30.7 Å². The summed E-state index contributed by atoms with van der Waals surface area (Å²) in [5.74, 6) is 1.05. The van der Waals surface area contributed by atoms with E-state index in [1.165, 1.54) is 6.20 Å². The van der Waals surface area contributed by atoms with Gasteiger partial charge in [-0.3, -0.25) is 4.79 Å². The number of aromatic amines is 1. The lowest BCUT2D eigenvalue weighted by molar-refractivity contribution is 0.0821. The molecule has 0 aliphatic carbocycles. The van der Waals surface area contributed by atoms with Crippen molar-refractivity contribution in [3.05, 3.63) is 47.8 Å². The van der Waals surface area contributed by atoms with Crippen molar-refractivity contribution >= 4 is 34.1 Å². The van der Waals surface area contributed by atoms with Crippen molar-refractivity contribution < 1.29 is 14.3 Å². The number of anilines is 2. The van der Waals surface area contributed by atoms with Crippen molar-refractivity contribution in [1.29, 1.82) is 0 Å². The van der Waals surface area contributed by atoms with Gasteiger partial charge in [-0.1, -0.05) is 6.07 Å². The van der Waals surface area contributed by atoms with Crippen LogP contribution in [0.25, 0.3) is 16.7 Å². The molecule has 0 saturated heterocycles. The first kappa shape index (κ1) is 17.5. The molecule has 148 valence electrons. The van der Waals surface area contributed by atoms with Gasteiger partial charge in [-0.25, -0.2) is 4.98 Å². The van der Waals surface area contributed by atoms with Crippen LogP contribution in [0.2, 0.25) is 0 Å². The fourth-order valence-electron chi connectivity index (χ4n) is 3.53. The summed E-state index contributed by atoms with van der Waals surface area (Å²) in [5, 5.41) is 11.5. The molecule has 1 amide bonds. The number of carbonyl (C=O) groups excluding carboxylic acids is 1. The molecule has 1 aliphatic rings. The van der Waals surface area contributed by atoms with Gasteiger partial charge in [0.1, 0.15) is 22.8 Å². The molecule has 5 rings (SSSR count). The maximum absolute atomic E-state index is 12.8. The molecule has 0 spiro atoms. The molecule has 0 saturated carbocycles. The number of nitrogens with one attached hydrogen (secondary N) is 3. The lowest BCUT2D eigenvalue weighted by atomic mass is 10.2. The summed E-state index contributed by atoms with van der Waals surface area (Å²) in [5.41, 5.74) is 3.36. The molecule has 3 N–H and O–H groups in total. The predicted molar refractivity (Wildman–Crippen MR) is 108 cm³/mol. The lowest BCUT2D eigenvalue weighted by Gasteiger charge is -2.17. The number of hydrogen-bond donors (Lipinski definition) is 3. The van der Waals surface area contributed by atoms with Crippen LogP contribution in [0.3, 0.4) is 0 Å². The number of benzene rings is 1. The van der Waals surface area contributed by atoms with Gasteiger partial charge < -0.3 is 25.1 Å². The number of rotatable bonds is 1. The topological polar surface area (TPSA) is 106 Å². The number of nitrogens with zero attached hydrogens (tertiary/aromatic N) is 3. The van der Waals surface area contributed by atoms with Crippen molar-refractivity contribution in [2.45, 2.75) is 19.6 Å². The highest BCUT2D eigenvalue weighted by Crippen LogP contribution is 2.32. The van der Waals surface area contributed by atoms with E-state index >= 15 is 0 Å². The van der Waals surface area contributed by atoms with Crippen LogP contribution in [0.5, 0.6) is 5.75 Å². The van der Waals surface area contributed by atoms with E-state index in [-0.39, 0.29) is 11.9 Å². The first-order valence-electron chi connectivity index (χ1n) is 9.31. The molecule has 9 heteroatoms. The zero-order valence-corrected chi connectivity index (χ0v) is 16.0. The van der Waals surface area contributed by atoms with Crippen LogP contribution in [0.1, 0.15) is 22.8 Å². The van der Waals surface area contributed by atoms with Gasteiger partial charge in [-0.2, -0.15) is 9.61 Å². The van der Waals surface area contributed by atoms with E-state index in [9.17, 15) is 4.79 Å². The number of hydrogen-bond acceptors (Lipinski definition) is 6. The van der Waals surface area contributed by atoms with Gasteiger partial charge in [0.2, 0.25) is 0 Å². The second-order valence-electron chi connectivity index (χ2n) is 7.04. The average Bonchev–Trinajstić information content (AvgIpc) is 3.34. The highest BCUT2D eigenvalue weighted by Gasteiger charge is 2.21. The third-order valence-electron chi connectivity index (χ3n) is 4.93. The van der Waals surface area contributed by atoms with Gasteiger partial charge in [0.05, 0.1) is 37.6 Å². The summed E-state index contributed by atoms with van der Waals surface area (Å²) in [6.07, 6.45) is 3.35. The quantitative estimate of drug-likeness (QED) is 0.460. The molecule has 9 nitrogen and oxygen atoms in total. The SMILES string of the molecule is COc1ccc2cc1Nc1nc3c(cnn3c3[nH]ccc13)C(=O)NC(C)COC2. The zero-order chi connectivity index (χ0) is 20.0. The van der Waals surface area contributed by atoms with Crippen molar-refractivity contribution in [3.8, 4) is 5.75 Å². The van der Waals surface area contributed by atoms with Crippen molar-refractivity contribution in [2.75, 3.05) is 19.0 Å². The van der Waals surface area contributed by atoms with Crippen LogP contribution in [-0.2, 0) is 11.3 Å². The monoisotopic (exact) mass is 392 g/mol. The highest BCUT2D eigenvalue weighted by molar-refractivity contribution is 6.02. The second kappa shape index (κ2) is 6.78. The minimum absolute atomic E-state index is 0.162. The third kappa shape index (κ3) is 2.95. The smallest absolute Gasteiger partial charge is 0.257 e. The molecule has 4 aromatic rings. The van der Waals surface area contributed by atoms with E-state index in [1.807, 2.05) is 37.4 Å². The van der Waals surface area contributed by atoms with Gasteiger partial charge in [0, 0.05) is 12.2 Å². The fourth-order valence-corrected chi connectivity index (χ4v) is 3.53. The Bertz CT molecular complexity index is 1230. The number of fused-ring (bicyclic) bond motifs is 6. The molecule has 29 heavy (non-hydrogen) atoms. The standard InChI is InChI=1S/C20H20N6O3/c1-11-9-29-10-12-3-4-16(28-2)15(7-12)24-17-13-5-6-21-18(13)26-19(25-17)14(8-22-26)20(27)23-11/h3-8,11,21H,9-10H2,1-2H3,(H,23,27)(H,24,25). The maximum atomic E-state index is 12.8. The van der Waals surface area contributed by atoms with Gasteiger partial charge in [-0.15, -0.1) is 0 Å². The summed E-state index contributed by atoms with van der Waals surface area (Å²) < 4.78 is 12.9. The summed E-state index contributed by atoms with van der Waals surface area (Å²) in [4.78, 5) is 20.7. The highest BCUT2D eigenvalue weighted by atomic mass is 16.5. The summed E-state index contributed by atoms with van der Waals surface area (Å²) in [6, 6.07) is 7.59. The first-order valence-corrected chi connectivity index (χ1v) is 9.31. The van der Waals surface area contributed by atoms with Crippen molar-refractivity contribution in [3.63, 3.8) is 0 Å². The molecule has 1 aromatic carbocycles. The number of amides is 1. The third-order valence-corrected chi connectivity index (χ3v) is 4.93. The number of aromatic nitrogens is 4. The van der Waals surface area contributed by atoms with Crippen molar-refractivity contribution in [1.82, 2.24) is 24.9 Å². The molecular formula is C20H20N6O3. The van der Waals surface area contributed by atoms with E-state index in [4.69, 9.17) is 14.5 Å². The Morgan fingerprint density at radius 1 is 1.31 bits per heavy atom. The number of H-pyrrole nitrogens is 1. The van der Waals surface area contributed by atoms with E-state index in [1.54, 1.807) is 11.6 Å². The van der Waals surface area contributed by atoms with Crippen molar-refractivity contribution in [2.24, 2.45) is 0 Å². The molecule has 1 atom stereocenters. The van der Waals surface area contributed by atoms with E-state index in [0.717, 1.165) is 22.3 Å². The summed E-state index contributed by atoms with van der Waals surface area (Å²) in [7, 11) is 1.62. The average molecular weight is 392 g/mol. The Balaban J connectivity index is 1.74. The summed E-state index contributed by atoms with van der Waals surface area (Å²) in [6.45, 7) is 2.71. The minimum atomic E-state index is -0.242. The molecule has 1 unspecified atom stereocenters. The van der Waals surface area contributed by atoms with Crippen LogP contribution in [0.4, 0.5) is 11.5 Å². The lowest BCUT2D eigenvalue weighted by Crippen LogP contribution is -2.35. The van der Waals surface area contributed by atoms with Crippen LogP contribution < -0.4 is 15.4 Å². The largest absolute Gasteiger partial charge is 0.495 e. The number of carbonyl (C=O) groups is 1. The molecule has 3 aromatic heterocycles. The Kier molecular flexibility index (Phi) is 4.09. The molecule has 1 aliphatic heterocycles. The van der Waals surface area contributed by atoms with E-state index in [2.05, 4.69) is 20.7 Å². The van der Waals surface area contributed by atoms with E-state index in [0.29, 0.717) is 36.0 Å². The molecular weight excluding hydrogens is 372 g/mol. The second-order valence-corrected chi connectivity index (χ2v) is 7.04. The number of ether oxygens (including phenoxy) is 2. The fraction of sp³-hybridized carbons (Fsp3) is 0.250. The van der Waals surface area contributed by atoms with E-state index < -0.39 is 0 Å². The predicted octanol–water partition coefficient (Wildman–Crippen LogP) is 2.61. The molecule has 4 bridgehead atoms. The van der Waals surface area contributed by atoms with Gasteiger partial charge >= 0.3 is 0 Å².